The normalized spacial score (nSPS) is 10.7. The third kappa shape index (κ3) is 6.16. The molecule has 0 saturated heterocycles. The lowest BCUT2D eigenvalue weighted by Gasteiger charge is -2.18. The van der Waals surface area contributed by atoms with Gasteiger partial charge in [-0.15, -0.1) is 11.3 Å². The van der Waals surface area contributed by atoms with Crippen molar-refractivity contribution in [3.63, 3.8) is 0 Å². The molecule has 0 bridgehead atoms. The van der Waals surface area contributed by atoms with Crippen molar-refractivity contribution >= 4 is 34.5 Å². The second-order valence-corrected chi connectivity index (χ2v) is 8.44. The Balaban J connectivity index is 1.51. The molecule has 31 heavy (non-hydrogen) atoms. The topological polar surface area (TPSA) is 70.7 Å². The summed E-state index contributed by atoms with van der Waals surface area (Å²) in [6.45, 7) is 4.97. The molecule has 1 aromatic heterocycles. The van der Waals surface area contributed by atoms with Crippen molar-refractivity contribution < 1.29 is 14.3 Å². The summed E-state index contributed by atoms with van der Waals surface area (Å²) in [5.41, 5.74) is 4.67. The summed E-state index contributed by atoms with van der Waals surface area (Å²) in [6.07, 6.45) is 0. The van der Waals surface area contributed by atoms with Crippen molar-refractivity contribution in [2.75, 3.05) is 31.3 Å². The number of anilines is 2. The van der Waals surface area contributed by atoms with E-state index in [2.05, 4.69) is 22.8 Å². The largest absolute Gasteiger partial charge is 0.496 e. The van der Waals surface area contributed by atoms with Gasteiger partial charge >= 0.3 is 0 Å². The highest BCUT2D eigenvalue weighted by atomic mass is 32.1. The number of thiophene rings is 1. The number of methoxy groups -OCH3 is 1. The predicted molar refractivity (Wildman–Crippen MR) is 126 cm³/mol. The molecule has 2 amide bonds. The molecule has 162 valence electrons. The Labute approximate surface area is 186 Å². The maximum absolute atomic E-state index is 12.4. The molecule has 6 nitrogen and oxygen atoms in total. The Hall–Kier alpha value is -3.16. The molecule has 1 heterocycles. The third-order valence-corrected chi connectivity index (χ3v) is 5.63. The number of hydrogen-bond acceptors (Lipinski definition) is 5. The van der Waals surface area contributed by atoms with E-state index in [1.165, 1.54) is 11.3 Å². The standard InChI is InChI=1S/C24H27N3O3S/c1-16-12-18(13-17(2)23(16)30-4)14-27(3)15-22(28)25-19-7-9-20(10-8-19)26-24(29)21-6-5-11-31-21/h5-13H,14-15H2,1-4H3,(H,25,28)(H,26,29). The van der Waals surface area contributed by atoms with Gasteiger partial charge in [-0.1, -0.05) is 18.2 Å². The first-order chi connectivity index (χ1) is 14.9. The molecular formula is C24H27N3O3S. The number of nitrogens with zero attached hydrogens (tertiary/aromatic N) is 1. The van der Waals surface area contributed by atoms with Crippen molar-refractivity contribution in [1.82, 2.24) is 4.90 Å². The summed E-state index contributed by atoms with van der Waals surface area (Å²) < 4.78 is 5.41. The van der Waals surface area contributed by atoms with Crippen molar-refractivity contribution in [3.05, 3.63) is 75.5 Å². The van der Waals surface area contributed by atoms with Crippen LogP contribution in [0.3, 0.4) is 0 Å². The van der Waals surface area contributed by atoms with Gasteiger partial charge < -0.3 is 15.4 Å². The summed E-state index contributed by atoms with van der Waals surface area (Å²) >= 11 is 1.39. The fourth-order valence-corrected chi connectivity index (χ4v) is 4.12. The molecule has 7 heteroatoms. The number of hydrogen-bond donors (Lipinski definition) is 2. The summed E-state index contributed by atoms with van der Waals surface area (Å²) in [5.74, 6) is 0.663. The van der Waals surface area contributed by atoms with E-state index in [9.17, 15) is 9.59 Å². The second-order valence-electron chi connectivity index (χ2n) is 7.49. The van der Waals surface area contributed by atoms with Crippen LogP contribution in [0, 0.1) is 13.8 Å². The van der Waals surface area contributed by atoms with Crippen molar-refractivity contribution in [1.29, 1.82) is 0 Å². The van der Waals surface area contributed by atoms with Crippen LogP contribution in [0.1, 0.15) is 26.4 Å². The molecular weight excluding hydrogens is 410 g/mol. The third-order valence-electron chi connectivity index (χ3n) is 4.76. The molecule has 3 rings (SSSR count). The van der Waals surface area contributed by atoms with Gasteiger partial charge in [-0.2, -0.15) is 0 Å². The Morgan fingerprint density at radius 3 is 2.16 bits per heavy atom. The van der Waals surface area contributed by atoms with Gasteiger partial charge in [-0.3, -0.25) is 14.5 Å². The number of carbonyl (C=O) groups is 2. The van der Waals surface area contributed by atoms with Crippen molar-refractivity contribution in [3.8, 4) is 5.75 Å². The monoisotopic (exact) mass is 437 g/mol. The summed E-state index contributed by atoms with van der Waals surface area (Å²) in [4.78, 5) is 27.1. The van der Waals surface area contributed by atoms with E-state index in [0.29, 0.717) is 22.8 Å². The first-order valence-electron chi connectivity index (χ1n) is 9.93. The van der Waals surface area contributed by atoms with Gasteiger partial charge in [0, 0.05) is 17.9 Å². The summed E-state index contributed by atoms with van der Waals surface area (Å²) in [5, 5.41) is 7.60. The minimum atomic E-state index is -0.141. The fourth-order valence-electron chi connectivity index (χ4n) is 3.50. The van der Waals surface area contributed by atoms with E-state index in [-0.39, 0.29) is 18.4 Å². The first kappa shape index (κ1) is 22.5. The van der Waals surface area contributed by atoms with Gasteiger partial charge in [-0.05, 0) is 73.3 Å². The molecule has 0 radical (unpaired) electrons. The van der Waals surface area contributed by atoms with E-state index < -0.39 is 0 Å². The van der Waals surface area contributed by atoms with Crippen LogP contribution in [0.5, 0.6) is 5.75 Å². The van der Waals surface area contributed by atoms with Crippen molar-refractivity contribution in [2.45, 2.75) is 20.4 Å². The van der Waals surface area contributed by atoms with Gasteiger partial charge in [0.1, 0.15) is 5.75 Å². The SMILES string of the molecule is COc1c(C)cc(CN(C)CC(=O)Nc2ccc(NC(=O)c3cccs3)cc2)cc1C. The Morgan fingerprint density at radius 1 is 1.00 bits per heavy atom. The van der Waals surface area contributed by atoms with E-state index in [4.69, 9.17) is 4.74 Å². The van der Waals surface area contributed by atoms with Crippen molar-refractivity contribution in [2.24, 2.45) is 0 Å². The zero-order chi connectivity index (χ0) is 22.4. The van der Waals surface area contributed by atoms with E-state index >= 15 is 0 Å². The lowest BCUT2D eigenvalue weighted by Crippen LogP contribution is -2.29. The van der Waals surface area contributed by atoms with Gasteiger partial charge in [-0.25, -0.2) is 0 Å². The summed E-state index contributed by atoms with van der Waals surface area (Å²) in [6, 6.07) is 14.9. The number of benzene rings is 2. The van der Waals surface area contributed by atoms with Gasteiger partial charge in [0.05, 0.1) is 18.5 Å². The number of rotatable bonds is 8. The molecule has 0 atom stereocenters. The van der Waals surface area contributed by atoms with Crippen LogP contribution < -0.4 is 15.4 Å². The molecule has 0 unspecified atom stereocenters. The Bertz CT molecular complexity index is 1020. The van der Waals surface area contributed by atoms with Crippen LogP contribution in [-0.4, -0.2) is 37.4 Å². The molecule has 2 N–H and O–H groups in total. The number of carbonyl (C=O) groups excluding carboxylic acids is 2. The smallest absolute Gasteiger partial charge is 0.265 e. The van der Waals surface area contributed by atoms with Crippen LogP contribution in [0.15, 0.2) is 53.9 Å². The maximum Gasteiger partial charge on any atom is 0.265 e. The molecule has 3 aromatic rings. The average molecular weight is 438 g/mol. The van der Waals surface area contributed by atoms with Crippen LogP contribution in [-0.2, 0) is 11.3 Å². The van der Waals surface area contributed by atoms with Gasteiger partial charge in [0.15, 0.2) is 0 Å². The van der Waals surface area contributed by atoms with Crippen LogP contribution >= 0.6 is 11.3 Å². The van der Waals surface area contributed by atoms with E-state index in [1.54, 1.807) is 37.4 Å². The molecule has 0 aliphatic rings. The Kier molecular flexibility index (Phi) is 7.44. The fraction of sp³-hybridized carbons (Fsp3) is 0.250. The predicted octanol–water partition coefficient (Wildman–Crippen LogP) is 4.70. The average Bonchev–Trinajstić information content (AvgIpc) is 3.24. The molecule has 0 spiro atoms. The number of amides is 2. The number of ether oxygens (including phenoxy) is 1. The summed E-state index contributed by atoms with van der Waals surface area (Å²) in [7, 11) is 3.59. The van der Waals surface area contributed by atoms with E-state index in [0.717, 1.165) is 22.4 Å². The second kappa shape index (κ2) is 10.2. The highest BCUT2D eigenvalue weighted by molar-refractivity contribution is 7.12. The zero-order valence-corrected chi connectivity index (χ0v) is 19.0. The van der Waals surface area contributed by atoms with Crippen LogP contribution in [0.4, 0.5) is 11.4 Å². The zero-order valence-electron chi connectivity index (χ0n) is 18.2. The number of aryl methyl sites for hydroxylation is 2. The lowest BCUT2D eigenvalue weighted by atomic mass is 10.1. The van der Waals surface area contributed by atoms with Crippen LogP contribution in [0.2, 0.25) is 0 Å². The lowest BCUT2D eigenvalue weighted by molar-refractivity contribution is -0.117. The quantitative estimate of drug-likeness (QED) is 0.536. The van der Waals surface area contributed by atoms with Gasteiger partial charge in [0.2, 0.25) is 5.91 Å². The maximum atomic E-state index is 12.4. The highest BCUT2D eigenvalue weighted by Crippen LogP contribution is 2.24. The molecule has 0 aliphatic heterocycles. The molecule has 2 aromatic carbocycles. The first-order valence-corrected chi connectivity index (χ1v) is 10.8. The minimum Gasteiger partial charge on any atom is -0.496 e. The number of likely N-dealkylation sites (N-methyl/N-ethyl adjacent to an activating group) is 1. The van der Waals surface area contributed by atoms with E-state index in [1.807, 2.05) is 37.2 Å². The van der Waals surface area contributed by atoms with Crippen LogP contribution in [0.25, 0.3) is 0 Å². The molecule has 0 saturated carbocycles. The molecule has 0 aliphatic carbocycles. The molecule has 0 fully saturated rings. The minimum absolute atomic E-state index is 0.0974. The number of nitrogens with one attached hydrogen (secondary N) is 2. The van der Waals surface area contributed by atoms with Gasteiger partial charge in [0.25, 0.3) is 5.91 Å². The highest BCUT2D eigenvalue weighted by Gasteiger charge is 2.11. The Morgan fingerprint density at radius 2 is 1.61 bits per heavy atom.